The van der Waals surface area contributed by atoms with Crippen LogP contribution in [0.1, 0.15) is 39.2 Å². The highest BCUT2D eigenvalue weighted by Crippen LogP contribution is 2.24. The van der Waals surface area contributed by atoms with E-state index in [4.69, 9.17) is 9.84 Å². The number of carboxylic acid groups (broad SMARTS) is 1. The Hall–Kier alpha value is -4.26. The van der Waals surface area contributed by atoms with Gasteiger partial charge in [-0.3, -0.25) is 24.0 Å². The smallest absolute Gasteiger partial charge is 0.305 e. The van der Waals surface area contributed by atoms with Crippen LogP contribution in [0, 0.1) is 5.92 Å². The van der Waals surface area contributed by atoms with Gasteiger partial charge in [0.15, 0.2) is 0 Å². The van der Waals surface area contributed by atoms with Crippen molar-refractivity contribution in [1.82, 2.24) is 20.9 Å². The zero-order valence-corrected chi connectivity index (χ0v) is 23.4. The summed E-state index contributed by atoms with van der Waals surface area (Å²) in [7, 11) is 0. The van der Waals surface area contributed by atoms with Crippen LogP contribution in [0.4, 0.5) is 0 Å². The summed E-state index contributed by atoms with van der Waals surface area (Å²) in [6, 6.07) is 1.62. The van der Waals surface area contributed by atoms with Crippen molar-refractivity contribution in [3.05, 3.63) is 42.5 Å². The molecule has 0 aliphatic carbocycles. The maximum absolute atomic E-state index is 13.8. The van der Waals surface area contributed by atoms with Crippen molar-refractivity contribution in [3.8, 4) is 5.75 Å². The minimum Gasteiger partial charge on any atom is -0.508 e. The molecule has 4 amide bonds. The third kappa shape index (κ3) is 10.0. The number of aromatic hydroxyl groups is 1. The van der Waals surface area contributed by atoms with Gasteiger partial charge in [0.1, 0.15) is 30.2 Å². The van der Waals surface area contributed by atoms with Gasteiger partial charge in [0.2, 0.25) is 23.6 Å². The first-order valence-electron chi connectivity index (χ1n) is 13.2. The second-order valence-electron chi connectivity index (χ2n) is 10.2. The Morgan fingerprint density at radius 3 is 2.32 bits per heavy atom. The Labute approximate surface area is 238 Å². The fourth-order valence-electron chi connectivity index (χ4n) is 4.48. The molecular weight excluding hydrogens is 536 g/mol. The normalized spacial score (nSPS) is 18.6. The third-order valence-electron chi connectivity index (χ3n) is 6.49. The average Bonchev–Trinajstić information content (AvgIpc) is 3.34. The number of likely N-dealkylation sites (tertiary alicyclic amines) is 1. The Balaban J connectivity index is 2.28. The highest BCUT2D eigenvalue weighted by atomic mass is 16.5. The van der Waals surface area contributed by atoms with Gasteiger partial charge in [-0.1, -0.05) is 32.1 Å². The molecular formula is C28H38N4O9. The number of rotatable bonds is 15. The third-order valence-corrected chi connectivity index (χ3v) is 6.49. The van der Waals surface area contributed by atoms with Gasteiger partial charge in [-0.2, -0.15) is 0 Å². The van der Waals surface area contributed by atoms with Crippen LogP contribution in [0.25, 0.3) is 0 Å². The van der Waals surface area contributed by atoms with Crippen molar-refractivity contribution >= 4 is 35.9 Å². The highest BCUT2D eigenvalue weighted by Gasteiger charge is 2.44. The minimum atomic E-state index is -1.29. The molecule has 224 valence electrons. The van der Waals surface area contributed by atoms with Crippen LogP contribution < -0.4 is 16.0 Å². The van der Waals surface area contributed by atoms with E-state index in [0.29, 0.717) is 11.8 Å². The van der Waals surface area contributed by atoms with E-state index < -0.39 is 72.2 Å². The summed E-state index contributed by atoms with van der Waals surface area (Å²) >= 11 is 0. The summed E-state index contributed by atoms with van der Waals surface area (Å²) in [5.74, 6) is -4.05. The molecule has 5 N–H and O–H groups in total. The van der Waals surface area contributed by atoms with Gasteiger partial charge in [0.25, 0.3) is 0 Å². The predicted molar refractivity (Wildman–Crippen MR) is 146 cm³/mol. The molecule has 0 aromatic heterocycles. The van der Waals surface area contributed by atoms with Gasteiger partial charge in [-0.05, 0) is 23.6 Å². The van der Waals surface area contributed by atoms with Crippen LogP contribution in [0.3, 0.4) is 0 Å². The van der Waals surface area contributed by atoms with Gasteiger partial charge in [-0.15, -0.1) is 6.58 Å². The standard InChI is InChI=1S/C28H38N4O9/c1-5-10-41-21-13-23(27(39)30-19(15-33)12-24(36)37)32(14-21)28(40)25(16(2)3)31-26(38)22(29-17(4)34)11-18-6-8-20(35)9-7-18/h5-9,15-16,19,21-23,25,35H,1,10-14H2,2-4H3,(H,29,34)(H,30,39)(H,31,38)(H,36,37)/t19-,21+,22-,23-,25-/m0/s1. The lowest BCUT2D eigenvalue weighted by Gasteiger charge is -2.31. The van der Waals surface area contributed by atoms with Crippen molar-refractivity contribution in [1.29, 1.82) is 0 Å². The summed E-state index contributed by atoms with van der Waals surface area (Å²) in [6.07, 6.45) is 0.829. The lowest BCUT2D eigenvalue weighted by molar-refractivity contribution is -0.144. The van der Waals surface area contributed by atoms with E-state index >= 15 is 0 Å². The Morgan fingerprint density at radius 2 is 1.78 bits per heavy atom. The van der Waals surface area contributed by atoms with E-state index in [1.165, 1.54) is 30.0 Å². The highest BCUT2D eigenvalue weighted by molar-refractivity contribution is 5.95. The van der Waals surface area contributed by atoms with E-state index in [0.717, 1.165) is 0 Å². The monoisotopic (exact) mass is 574 g/mol. The lowest BCUT2D eigenvalue weighted by atomic mass is 10.00. The average molecular weight is 575 g/mol. The number of benzene rings is 1. The van der Waals surface area contributed by atoms with Crippen LogP contribution >= 0.6 is 0 Å². The van der Waals surface area contributed by atoms with Crippen molar-refractivity contribution in [2.75, 3.05) is 13.2 Å². The summed E-state index contributed by atoms with van der Waals surface area (Å²) in [5, 5.41) is 26.2. The molecule has 0 saturated carbocycles. The first-order chi connectivity index (χ1) is 19.4. The molecule has 13 heteroatoms. The number of hydrogen-bond donors (Lipinski definition) is 5. The second-order valence-corrected chi connectivity index (χ2v) is 10.2. The fraction of sp³-hybridized carbons (Fsp3) is 0.500. The largest absolute Gasteiger partial charge is 0.508 e. The number of nitrogens with zero attached hydrogens (tertiary/aromatic N) is 1. The Bertz CT molecular complexity index is 1120. The van der Waals surface area contributed by atoms with E-state index in [2.05, 4.69) is 22.5 Å². The number of amides is 4. The van der Waals surface area contributed by atoms with Crippen LogP contribution in [-0.2, 0) is 39.9 Å². The fourth-order valence-corrected chi connectivity index (χ4v) is 4.48. The molecule has 0 unspecified atom stereocenters. The molecule has 1 fully saturated rings. The molecule has 1 aromatic carbocycles. The van der Waals surface area contributed by atoms with Gasteiger partial charge in [0.05, 0.1) is 25.2 Å². The number of phenols is 1. The number of aldehydes is 1. The summed E-state index contributed by atoms with van der Waals surface area (Å²) in [5.41, 5.74) is 0.661. The van der Waals surface area contributed by atoms with Crippen LogP contribution in [-0.4, -0.2) is 94.4 Å². The predicted octanol–water partition coefficient (Wildman–Crippen LogP) is -0.0893. The minimum absolute atomic E-state index is 0.0111. The maximum atomic E-state index is 13.8. The number of aliphatic carboxylic acids is 1. The van der Waals surface area contributed by atoms with E-state index in [9.17, 15) is 33.9 Å². The number of carbonyl (C=O) groups excluding carboxylic acids is 5. The lowest BCUT2D eigenvalue weighted by Crippen LogP contribution is -2.59. The van der Waals surface area contributed by atoms with Gasteiger partial charge < -0.3 is 40.6 Å². The number of ether oxygens (including phenoxy) is 1. The molecule has 2 rings (SSSR count). The summed E-state index contributed by atoms with van der Waals surface area (Å²) in [4.78, 5) is 75.8. The molecule has 0 bridgehead atoms. The first kappa shape index (κ1) is 32.9. The molecule has 13 nitrogen and oxygen atoms in total. The summed E-state index contributed by atoms with van der Waals surface area (Å²) in [6.45, 7) is 8.45. The Morgan fingerprint density at radius 1 is 1.12 bits per heavy atom. The van der Waals surface area contributed by atoms with Crippen molar-refractivity contribution < 1.29 is 43.7 Å². The maximum Gasteiger partial charge on any atom is 0.305 e. The van der Waals surface area contributed by atoms with Gasteiger partial charge in [0, 0.05) is 26.3 Å². The van der Waals surface area contributed by atoms with Crippen LogP contribution in [0.5, 0.6) is 5.75 Å². The number of nitrogens with one attached hydrogen (secondary N) is 3. The topological polar surface area (TPSA) is 191 Å². The summed E-state index contributed by atoms with van der Waals surface area (Å²) < 4.78 is 5.68. The zero-order valence-electron chi connectivity index (χ0n) is 23.4. The first-order valence-corrected chi connectivity index (χ1v) is 13.2. The molecule has 41 heavy (non-hydrogen) atoms. The van der Waals surface area contributed by atoms with Gasteiger partial charge in [-0.25, -0.2) is 0 Å². The molecule has 0 radical (unpaired) electrons. The van der Waals surface area contributed by atoms with Crippen molar-refractivity contribution in [2.24, 2.45) is 5.92 Å². The van der Waals surface area contributed by atoms with Crippen molar-refractivity contribution in [3.63, 3.8) is 0 Å². The van der Waals surface area contributed by atoms with Crippen LogP contribution in [0.2, 0.25) is 0 Å². The molecule has 1 saturated heterocycles. The van der Waals surface area contributed by atoms with E-state index in [1.54, 1.807) is 26.0 Å². The van der Waals surface area contributed by atoms with E-state index in [1.807, 2.05) is 0 Å². The number of hydrogen-bond acceptors (Lipinski definition) is 8. The zero-order chi connectivity index (χ0) is 30.7. The van der Waals surface area contributed by atoms with Crippen LogP contribution in [0.15, 0.2) is 36.9 Å². The molecule has 1 aliphatic heterocycles. The SMILES string of the molecule is C=CCO[C@@H]1C[C@@H](C(=O)N[C@H](C=O)CC(=O)O)N(C(=O)[C@@H](NC(=O)[C@H](Cc2ccc(O)cc2)NC(C)=O)C(C)C)C1. The number of phenolic OH excluding ortho intramolecular Hbond substituents is 1. The Kier molecular flexibility index (Phi) is 12.5. The molecule has 1 aromatic rings. The molecule has 1 heterocycles. The molecule has 5 atom stereocenters. The van der Waals surface area contributed by atoms with Gasteiger partial charge >= 0.3 is 5.97 Å². The quantitative estimate of drug-likeness (QED) is 0.141. The number of carboxylic acids is 1. The van der Waals surface area contributed by atoms with Crippen molar-refractivity contribution in [2.45, 2.75) is 70.3 Å². The molecule has 1 aliphatic rings. The number of carbonyl (C=O) groups is 6. The second kappa shape index (κ2) is 15.5. The van der Waals surface area contributed by atoms with E-state index in [-0.39, 0.29) is 31.7 Å². The molecule has 0 spiro atoms.